The molecule has 0 aromatic heterocycles. The molecule has 0 aliphatic carbocycles. The topological polar surface area (TPSA) is 47.6 Å². The van der Waals surface area contributed by atoms with E-state index in [4.69, 9.17) is 9.47 Å². The highest BCUT2D eigenvalue weighted by atomic mass is 32.2. The van der Waals surface area contributed by atoms with Gasteiger partial charge >= 0.3 is 0 Å². The Kier molecular flexibility index (Phi) is 7.14. The molecule has 1 fully saturated rings. The second kappa shape index (κ2) is 10.4. The summed E-state index contributed by atoms with van der Waals surface area (Å²) in [7, 11) is -0.669. The number of ether oxygens (including phenoxy) is 2. The van der Waals surface area contributed by atoms with Gasteiger partial charge in [0.15, 0.2) is 0 Å². The summed E-state index contributed by atoms with van der Waals surface area (Å²) in [5.41, 5.74) is 8.49. The first-order chi connectivity index (χ1) is 17.0. The summed E-state index contributed by atoms with van der Waals surface area (Å²) >= 11 is 0. The molecular formula is C30H35NO3S. The molecule has 1 N–H and O–H groups in total. The number of benzene rings is 3. The molecule has 3 aromatic rings. The van der Waals surface area contributed by atoms with Crippen molar-refractivity contribution in [3.8, 4) is 22.6 Å². The normalized spacial score (nSPS) is 21.5. The van der Waals surface area contributed by atoms with Crippen LogP contribution >= 0.6 is 0 Å². The van der Waals surface area contributed by atoms with Crippen LogP contribution in [0, 0.1) is 13.8 Å². The number of hydrogen-bond acceptors (Lipinski definition) is 4. The highest BCUT2D eigenvalue weighted by Gasteiger charge is 2.22. The van der Waals surface area contributed by atoms with Gasteiger partial charge < -0.3 is 14.8 Å². The molecule has 5 heteroatoms. The van der Waals surface area contributed by atoms with Crippen LogP contribution in [0.25, 0.3) is 11.1 Å². The van der Waals surface area contributed by atoms with Crippen molar-refractivity contribution in [3.05, 3.63) is 76.9 Å². The van der Waals surface area contributed by atoms with E-state index in [1.54, 1.807) is 0 Å². The lowest BCUT2D eigenvalue weighted by Crippen LogP contribution is -2.27. The zero-order chi connectivity index (χ0) is 24.4. The van der Waals surface area contributed by atoms with Crippen molar-refractivity contribution in [1.29, 1.82) is 0 Å². The van der Waals surface area contributed by atoms with E-state index >= 15 is 0 Å². The Labute approximate surface area is 211 Å². The number of fused-ring (bicyclic) bond motifs is 1. The number of nitrogens with one attached hydrogen (secondary N) is 1. The van der Waals surface area contributed by atoms with Crippen molar-refractivity contribution >= 4 is 16.5 Å². The van der Waals surface area contributed by atoms with E-state index < -0.39 is 10.8 Å². The van der Waals surface area contributed by atoms with Crippen LogP contribution in [0.15, 0.2) is 54.6 Å². The Morgan fingerprint density at radius 3 is 2.54 bits per heavy atom. The van der Waals surface area contributed by atoms with Crippen LogP contribution in [-0.4, -0.2) is 28.4 Å². The van der Waals surface area contributed by atoms with Gasteiger partial charge in [-0.2, -0.15) is 0 Å². The van der Waals surface area contributed by atoms with Crippen molar-refractivity contribution in [1.82, 2.24) is 0 Å². The third kappa shape index (κ3) is 5.40. The van der Waals surface area contributed by atoms with Crippen molar-refractivity contribution in [2.75, 3.05) is 23.4 Å². The summed E-state index contributed by atoms with van der Waals surface area (Å²) in [5, 5.41) is 3.68. The summed E-state index contributed by atoms with van der Waals surface area (Å²) in [5.74, 6) is 3.36. The molecule has 2 aliphatic heterocycles. The maximum Gasteiger partial charge on any atom is 0.142 e. The highest BCUT2D eigenvalue weighted by Crippen LogP contribution is 2.37. The first-order valence-corrected chi connectivity index (χ1v) is 14.2. The zero-order valence-corrected chi connectivity index (χ0v) is 21.8. The minimum Gasteiger partial charge on any atom is -0.490 e. The Hall–Kier alpha value is -2.79. The predicted molar refractivity (Wildman–Crippen MR) is 145 cm³/mol. The Morgan fingerprint density at radius 1 is 1.03 bits per heavy atom. The molecule has 2 heterocycles. The fourth-order valence-electron chi connectivity index (χ4n) is 5.27. The highest BCUT2D eigenvalue weighted by molar-refractivity contribution is 7.85. The summed E-state index contributed by atoms with van der Waals surface area (Å²) in [6.07, 6.45) is 4.11. The van der Waals surface area contributed by atoms with Gasteiger partial charge in [0.25, 0.3) is 0 Å². The van der Waals surface area contributed by atoms with Gasteiger partial charge in [-0.15, -0.1) is 0 Å². The first-order valence-electron chi connectivity index (χ1n) is 12.8. The molecule has 0 spiro atoms. The Bertz CT molecular complexity index is 1210. The lowest BCUT2D eigenvalue weighted by Gasteiger charge is -2.28. The average molecular weight is 490 g/mol. The third-order valence-corrected chi connectivity index (χ3v) is 8.42. The van der Waals surface area contributed by atoms with Crippen molar-refractivity contribution < 1.29 is 13.7 Å². The molecule has 3 aromatic carbocycles. The van der Waals surface area contributed by atoms with Gasteiger partial charge in [-0.25, -0.2) is 0 Å². The van der Waals surface area contributed by atoms with Gasteiger partial charge in [-0.05, 0) is 96.8 Å². The van der Waals surface area contributed by atoms with Crippen LogP contribution in [0.2, 0.25) is 0 Å². The van der Waals surface area contributed by atoms with E-state index in [1.165, 1.54) is 33.4 Å². The standard InChI is InChI=1S/C30H35NO3S/c1-4-6-22-9-10-27-29(17-22)33-19-28(31-27)23-7-5-8-24(18-23)30-20(2)15-26(16-21(30)3)34-25-11-13-35(32)14-12-25/h5,7-10,15-18,25,28,31H,4,6,11-14,19H2,1-3H3. The number of hydrogen-bond donors (Lipinski definition) is 1. The zero-order valence-electron chi connectivity index (χ0n) is 20.9. The van der Waals surface area contributed by atoms with Crippen molar-refractivity contribution in [3.63, 3.8) is 0 Å². The minimum absolute atomic E-state index is 0.111. The molecule has 1 atom stereocenters. The predicted octanol–water partition coefficient (Wildman–Crippen LogP) is 6.76. The summed E-state index contributed by atoms with van der Waals surface area (Å²) in [6.45, 7) is 7.13. The summed E-state index contributed by atoms with van der Waals surface area (Å²) in [6, 6.07) is 19.7. The molecule has 1 unspecified atom stereocenters. The molecule has 0 amide bonds. The average Bonchev–Trinajstić information content (AvgIpc) is 2.85. The summed E-state index contributed by atoms with van der Waals surface area (Å²) < 4.78 is 24.1. The third-order valence-electron chi connectivity index (χ3n) is 7.04. The monoisotopic (exact) mass is 489 g/mol. The quantitative estimate of drug-likeness (QED) is 0.416. The second-order valence-corrected chi connectivity index (χ2v) is 11.5. The van der Waals surface area contributed by atoms with Crippen LogP contribution in [0.1, 0.15) is 54.5 Å². The number of rotatable bonds is 6. The minimum atomic E-state index is -0.669. The fourth-order valence-corrected chi connectivity index (χ4v) is 6.53. The van der Waals surface area contributed by atoms with Gasteiger partial charge in [-0.3, -0.25) is 4.21 Å². The van der Waals surface area contributed by atoms with Crippen LogP contribution < -0.4 is 14.8 Å². The van der Waals surface area contributed by atoms with E-state index in [2.05, 4.69) is 80.7 Å². The molecule has 35 heavy (non-hydrogen) atoms. The largest absolute Gasteiger partial charge is 0.490 e. The molecule has 2 aliphatic rings. The van der Waals surface area contributed by atoms with Crippen molar-refractivity contribution in [2.24, 2.45) is 0 Å². The fraction of sp³-hybridized carbons (Fsp3) is 0.400. The maximum atomic E-state index is 11.7. The molecule has 5 rings (SSSR count). The molecule has 0 radical (unpaired) electrons. The van der Waals surface area contributed by atoms with Gasteiger partial charge in [0.1, 0.15) is 24.2 Å². The second-order valence-electron chi connectivity index (χ2n) is 9.81. The van der Waals surface area contributed by atoms with E-state index in [1.807, 2.05) is 0 Å². The number of anilines is 1. The van der Waals surface area contributed by atoms with Crippen LogP contribution in [0.3, 0.4) is 0 Å². The first kappa shape index (κ1) is 23.9. The van der Waals surface area contributed by atoms with E-state index in [9.17, 15) is 4.21 Å². The Morgan fingerprint density at radius 2 is 1.80 bits per heavy atom. The SMILES string of the molecule is CCCc1ccc2c(c1)OCC(c1cccc(-c3c(C)cc(OC4CCS(=O)CC4)cc3C)c1)N2. The molecule has 184 valence electrons. The van der Waals surface area contributed by atoms with Gasteiger partial charge in [-0.1, -0.05) is 37.6 Å². The van der Waals surface area contributed by atoms with E-state index in [0.29, 0.717) is 6.61 Å². The molecule has 0 saturated carbocycles. The lowest BCUT2D eigenvalue weighted by molar-refractivity contribution is 0.191. The lowest BCUT2D eigenvalue weighted by atomic mass is 9.92. The van der Waals surface area contributed by atoms with Gasteiger partial charge in [0.05, 0.1) is 11.7 Å². The van der Waals surface area contributed by atoms with E-state index in [-0.39, 0.29) is 12.1 Å². The maximum absolute atomic E-state index is 11.7. The molecule has 0 bridgehead atoms. The summed E-state index contributed by atoms with van der Waals surface area (Å²) in [4.78, 5) is 0. The van der Waals surface area contributed by atoms with E-state index in [0.717, 1.165) is 54.4 Å². The molecular weight excluding hydrogens is 454 g/mol. The van der Waals surface area contributed by atoms with Crippen LogP contribution in [0.5, 0.6) is 11.5 Å². The number of aryl methyl sites for hydroxylation is 3. The molecule has 1 saturated heterocycles. The van der Waals surface area contributed by atoms with Gasteiger partial charge in [0, 0.05) is 22.3 Å². The smallest absolute Gasteiger partial charge is 0.142 e. The van der Waals surface area contributed by atoms with Crippen LogP contribution in [0.4, 0.5) is 5.69 Å². The van der Waals surface area contributed by atoms with Crippen molar-refractivity contribution in [2.45, 2.75) is 58.6 Å². The van der Waals surface area contributed by atoms with Crippen LogP contribution in [-0.2, 0) is 17.2 Å². The Balaban J connectivity index is 1.34. The van der Waals surface area contributed by atoms with Gasteiger partial charge in [0.2, 0.25) is 0 Å². The molecule has 4 nitrogen and oxygen atoms in total.